The molecule has 4 nitrogen and oxygen atoms in total. The molecule has 0 spiro atoms. The predicted molar refractivity (Wildman–Crippen MR) is 135 cm³/mol. The van der Waals surface area contributed by atoms with Gasteiger partial charge in [0, 0.05) is 24.4 Å². The zero-order chi connectivity index (χ0) is 23.0. The van der Waals surface area contributed by atoms with E-state index < -0.39 is 0 Å². The summed E-state index contributed by atoms with van der Waals surface area (Å²) in [4.78, 5) is 9.40. The third-order valence-electron chi connectivity index (χ3n) is 5.87. The molecule has 0 amide bonds. The first-order valence-corrected chi connectivity index (χ1v) is 11.2. The minimum atomic E-state index is 0.0714. The van der Waals surface area contributed by atoms with Gasteiger partial charge in [0.25, 0.3) is 0 Å². The summed E-state index contributed by atoms with van der Waals surface area (Å²) < 4.78 is 8.36. The molecule has 0 aliphatic rings. The van der Waals surface area contributed by atoms with E-state index in [4.69, 9.17) is 9.72 Å². The predicted octanol–water partition coefficient (Wildman–Crippen LogP) is 7.39. The molecule has 0 radical (unpaired) electrons. The van der Waals surface area contributed by atoms with Crippen molar-refractivity contribution in [1.82, 2.24) is 14.5 Å². The molecular formula is C29H27N3O. The Balaban J connectivity index is 1.45. The number of rotatable bonds is 4. The lowest BCUT2D eigenvalue weighted by atomic mass is 9.87. The normalized spacial score (nSPS) is 11.6. The van der Waals surface area contributed by atoms with Crippen LogP contribution in [0.15, 0.2) is 91.1 Å². The fourth-order valence-electron chi connectivity index (χ4n) is 4.01. The van der Waals surface area contributed by atoms with E-state index in [1.165, 1.54) is 5.56 Å². The number of aromatic nitrogens is 3. The highest BCUT2D eigenvalue weighted by Gasteiger charge is 2.15. The zero-order valence-corrected chi connectivity index (χ0v) is 19.4. The van der Waals surface area contributed by atoms with E-state index in [0.29, 0.717) is 0 Å². The molecule has 5 rings (SSSR count). The third kappa shape index (κ3) is 4.24. The van der Waals surface area contributed by atoms with Crippen LogP contribution in [0.5, 0.6) is 11.5 Å². The Kier molecular flexibility index (Phi) is 5.21. The molecule has 5 aromatic rings. The molecule has 164 valence electrons. The molecular weight excluding hydrogens is 406 g/mol. The van der Waals surface area contributed by atoms with Crippen molar-refractivity contribution >= 4 is 11.0 Å². The molecule has 0 atom stereocenters. The number of para-hydroxylation sites is 2. The standard InChI is InChI=1S/C29H27N3O/c1-29(2,3)22-15-16-30-26(19-22)20-9-7-11-23(17-20)33-24-12-8-10-21(18-24)28-31-25-13-5-6-14-27(25)32(28)4/h5-19H,1-4H3. The van der Waals surface area contributed by atoms with Gasteiger partial charge in [0.2, 0.25) is 0 Å². The molecule has 3 aromatic carbocycles. The first kappa shape index (κ1) is 21.0. The maximum atomic E-state index is 6.25. The number of imidazole rings is 1. The van der Waals surface area contributed by atoms with Gasteiger partial charge in [-0.1, -0.05) is 57.2 Å². The van der Waals surface area contributed by atoms with Crippen LogP contribution >= 0.6 is 0 Å². The topological polar surface area (TPSA) is 39.9 Å². The van der Waals surface area contributed by atoms with Crippen molar-refractivity contribution in [3.8, 4) is 34.1 Å². The van der Waals surface area contributed by atoms with Crippen molar-refractivity contribution in [1.29, 1.82) is 0 Å². The second kappa shape index (κ2) is 8.21. The number of nitrogens with zero attached hydrogens (tertiary/aromatic N) is 3. The van der Waals surface area contributed by atoms with Gasteiger partial charge in [-0.3, -0.25) is 4.98 Å². The van der Waals surface area contributed by atoms with Crippen LogP contribution in [0, 0.1) is 0 Å². The Labute approximate surface area is 194 Å². The lowest BCUT2D eigenvalue weighted by Gasteiger charge is -2.19. The van der Waals surface area contributed by atoms with E-state index in [1.807, 2.05) is 67.8 Å². The number of hydrogen-bond donors (Lipinski definition) is 0. The maximum absolute atomic E-state index is 6.25. The van der Waals surface area contributed by atoms with E-state index in [0.717, 1.165) is 45.2 Å². The van der Waals surface area contributed by atoms with E-state index >= 15 is 0 Å². The number of aryl methyl sites for hydroxylation is 1. The summed E-state index contributed by atoms with van der Waals surface area (Å²) in [5, 5.41) is 0. The van der Waals surface area contributed by atoms with Crippen molar-refractivity contribution < 1.29 is 4.74 Å². The quantitative estimate of drug-likeness (QED) is 0.297. The Morgan fingerprint density at radius 3 is 2.18 bits per heavy atom. The summed E-state index contributed by atoms with van der Waals surface area (Å²) in [6.45, 7) is 6.63. The average molecular weight is 434 g/mol. The van der Waals surface area contributed by atoms with Gasteiger partial charge in [-0.05, 0) is 59.5 Å². The molecule has 0 unspecified atom stereocenters. The van der Waals surface area contributed by atoms with Gasteiger partial charge in [-0.15, -0.1) is 0 Å². The van der Waals surface area contributed by atoms with Gasteiger partial charge in [0.15, 0.2) is 0 Å². The number of ether oxygens (including phenoxy) is 1. The average Bonchev–Trinajstić information content (AvgIpc) is 3.16. The van der Waals surface area contributed by atoms with Crippen LogP contribution in [-0.2, 0) is 12.5 Å². The Morgan fingerprint density at radius 1 is 0.758 bits per heavy atom. The van der Waals surface area contributed by atoms with Crippen LogP contribution in [0.25, 0.3) is 33.7 Å². The lowest BCUT2D eigenvalue weighted by Crippen LogP contribution is -2.11. The van der Waals surface area contributed by atoms with Crippen LogP contribution in [0.3, 0.4) is 0 Å². The summed E-state index contributed by atoms with van der Waals surface area (Å²) in [5.41, 5.74) is 6.42. The smallest absolute Gasteiger partial charge is 0.140 e. The second-order valence-electron chi connectivity index (χ2n) is 9.32. The molecule has 0 saturated heterocycles. The largest absolute Gasteiger partial charge is 0.457 e. The van der Waals surface area contributed by atoms with Gasteiger partial charge < -0.3 is 9.30 Å². The molecule has 0 bridgehead atoms. The van der Waals surface area contributed by atoms with Crippen molar-refractivity contribution in [2.45, 2.75) is 26.2 Å². The van der Waals surface area contributed by atoms with Gasteiger partial charge in [-0.2, -0.15) is 0 Å². The minimum Gasteiger partial charge on any atom is -0.457 e. The summed E-state index contributed by atoms with van der Waals surface area (Å²) >= 11 is 0. The first-order chi connectivity index (χ1) is 15.9. The fraction of sp³-hybridized carbons (Fsp3) is 0.172. The molecule has 2 aromatic heterocycles. The molecule has 0 saturated carbocycles. The van der Waals surface area contributed by atoms with Gasteiger partial charge in [-0.25, -0.2) is 4.98 Å². The monoisotopic (exact) mass is 433 g/mol. The highest BCUT2D eigenvalue weighted by Crippen LogP contribution is 2.31. The lowest BCUT2D eigenvalue weighted by molar-refractivity contribution is 0.483. The van der Waals surface area contributed by atoms with Crippen LogP contribution in [0.2, 0.25) is 0 Å². The van der Waals surface area contributed by atoms with Crippen LogP contribution in [0.4, 0.5) is 0 Å². The second-order valence-corrected chi connectivity index (χ2v) is 9.32. The van der Waals surface area contributed by atoms with Crippen molar-refractivity contribution in [2.24, 2.45) is 7.05 Å². The number of hydrogen-bond acceptors (Lipinski definition) is 3. The fourth-order valence-corrected chi connectivity index (χ4v) is 4.01. The summed E-state index contributed by atoms with van der Waals surface area (Å²) in [7, 11) is 2.04. The minimum absolute atomic E-state index is 0.0714. The van der Waals surface area contributed by atoms with Crippen molar-refractivity contribution in [2.75, 3.05) is 0 Å². The van der Waals surface area contributed by atoms with Crippen molar-refractivity contribution in [3.63, 3.8) is 0 Å². The summed E-state index contributed by atoms with van der Waals surface area (Å²) in [6.07, 6.45) is 1.88. The van der Waals surface area contributed by atoms with Crippen molar-refractivity contribution in [3.05, 3.63) is 96.7 Å². The Bertz CT molecular complexity index is 1440. The van der Waals surface area contributed by atoms with Gasteiger partial charge in [0.05, 0.1) is 16.7 Å². The molecule has 33 heavy (non-hydrogen) atoms. The van der Waals surface area contributed by atoms with Gasteiger partial charge in [0.1, 0.15) is 17.3 Å². The molecule has 4 heteroatoms. The molecule has 0 aliphatic heterocycles. The van der Waals surface area contributed by atoms with Crippen LogP contribution in [0.1, 0.15) is 26.3 Å². The van der Waals surface area contributed by atoms with Gasteiger partial charge >= 0.3 is 0 Å². The Morgan fingerprint density at radius 2 is 1.45 bits per heavy atom. The van der Waals surface area contributed by atoms with E-state index in [9.17, 15) is 0 Å². The summed E-state index contributed by atoms with van der Waals surface area (Å²) in [5.74, 6) is 2.46. The highest BCUT2D eigenvalue weighted by atomic mass is 16.5. The maximum Gasteiger partial charge on any atom is 0.140 e. The number of fused-ring (bicyclic) bond motifs is 1. The van der Waals surface area contributed by atoms with Crippen LogP contribution < -0.4 is 4.74 Å². The number of pyridine rings is 1. The molecule has 0 N–H and O–H groups in total. The summed E-state index contributed by atoms with van der Waals surface area (Å²) in [6, 6.07) is 28.6. The zero-order valence-electron chi connectivity index (χ0n) is 19.4. The first-order valence-electron chi connectivity index (χ1n) is 11.2. The highest BCUT2D eigenvalue weighted by molar-refractivity contribution is 5.80. The molecule has 0 fully saturated rings. The molecule has 0 aliphatic carbocycles. The van der Waals surface area contributed by atoms with E-state index in [2.05, 4.69) is 60.7 Å². The van der Waals surface area contributed by atoms with Crippen LogP contribution in [-0.4, -0.2) is 14.5 Å². The number of benzene rings is 3. The molecule has 2 heterocycles. The SMILES string of the molecule is Cn1c(-c2cccc(Oc3cccc(-c4cc(C(C)(C)C)ccn4)c3)c2)nc2ccccc21. The van der Waals surface area contributed by atoms with E-state index in [-0.39, 0.29) is 5.41 Å². The third-order valence-corrected chi connectivity index (χ3v) is 5.87. The van der Waals surface area contributed by atoms with E-state index in [1.54, 1.807) is 0 Å². The Hall–Kier alpha value is -3.92.